The highest BCUT2D eigenvalue weighted by Crippen LogP contribution is 2.52. The van der Waals surface area contributed by atoms with Crippen molar-refractivity contribution in [3.8, 4) is 0 Å². The maximum atomic E-state index is 13.7. The van der Waals surface area contributed by atoms with E-state index in [2.05, 4.69) is 18.7 Å². The maximum Gasteiger partial charge on any atom is 0.410 e. The van der Waals surface area contributed by atoms with Crippen molar-refractivity contribution in [2.75, 3.05) is 24.5 Å². The van der Waals surface area contributed by atoms with Gasteiger partial charge < -0.3 is 14.5 Å². The van der Waals surface area contributed by atoms with E-state index < -0.39 is 15.6 Å². The molecule has 0 spiro atoms. The molecule has 2 fully saturated rings. The first-order valence-corrected chi connectivity index (χ1v) is 13.9. The fraction of sp³-hybridized carbons (Fsp3) is 0.481. The Labute approximate surface area is 212 Å². The molecule has 2 aliphatic rings. The van der Waals surface area contributed by atoms with E-state index in [1.807, 2.05) is 26.8 Å². The molecule has 1 saturated heterocycles. The first-order chi connectivity index (χ1) is 16.9. The van der Waals surface area contributed by atoms with Crippen LogP contribution in [0.2, 0.25) is 0 Å². The van der Waals surface area contributed by atoms with Crippen LogP contribution in [0.15, 0.2) is 53.7 Å². The molecular formula is C27H34N4O4S. The molecule has 0 radical (unpaired) electrons. The van der Waals surface area contributed by atoms with Crippen LogP contribution in [0.5, 0.6) is 0 Å². The zero-order chi connectivity index (χ0) is 25.9. The smallest absolute Gasteiger partial charge is 0.410 e. The van der Waals surface area contributed by atoms with E-state index in [0.29, 0.717) is 25.2 Å². The molecule has 192 valence electrons. The minimum Gasteiger partial charge on any atom is -0.444 e. The van der Waals surface area contributed by atoms with Crippen LogP contribution in [0.3, 0.4) is 0 Å². The molecule has 9 heteroatoms. The Morgan fingerprint density at radius 2 is 1.81 bits per heavy atom. The number of aromatic nitrogens is 2. The van der Waals surface area contributed by atoms with Gasteiger partial charge in [0.2, 0.25) is 0 Å². The predicted octanol–water partition coefficient (Wildman–Crippen LogP) is 4.77. The third-order valence-electron chi connectivity index (χ3n) is 7.16. The Kier molecular flexibility index (Phi) is 5.82. The molecule has 1 saturated carbocycles. The van der Waals surface area contributed by atoms with Gasteiger partial charge in [-0.1, -0.05) is 25.1 Å². The van der Waals surface area contributed by atoms with Gasteiger partial charge in [-0.25, -0.2) is 22.2 Å². The van der Waals surface area contributed by atoms with Gasteiger partial charge in [0.1, 0.15) is 11.4 Å². The van der Waals surface area contributed by atoms with Gasteiger partial charge in [0.25, 0.3) is 10.0 Å². The number of pyridine rings is 1. The van der Waals surface area contributed by atoms with E-state index in [1.54, 1.807) is 47.6 Å². The van der Waals surface area contributed by atoms with Gasteiger partial charge in [0.15, 0.2) is 0 Å². The van der Waals surface area contributed by atoms with Gasteiger partial charge in [-0.2, -0.15) is 0 Å². The standard InChI is InChI=1S/C27H34N4O4S/c1-19-17-29(25(32)35-26(2,3)4)15-16-30(19)24-23-21(27(5)12-13-27)18-31(22(23)11-14-28-24)36(33,34)20-9-7-6-8-10-20/h6-11,14,18-19H,12-13,15-17H2,1-5H3/t19-/m0/s1. The summed E-state index contributed by atoms with van der Waals surface area (Å²) in [7, 11) is -3.77. The van der Waals surface area contributed by atoms with Crippen LogP contribution >= 0.6 is 0 Å². The van der Waals surface area contributed by atoms with Gasteiger partial charge >= 0.3 is 6.09 Å². The molecule has 1 aliphatic carbocycles. The van der Waals surface area contributed by atoms with Gasteiger partial charge in [-0.15, -0.1) is 0 Å². The van der Waals surface area contributed by atoms with Crippen molar-refractivity contribution in [2.24, 2.45) is 0 Å². The fourth-order valence-electron chi connectivity index (χ4n) is 4.94. The van der Waals surface area contributed by atoms with Gasteiger partial charge in [-0.05, 0) is 69.7 Å². The minimum absolute atomic E-state index is 0.0155. The second kappa shape index (κ2) is 8.50. The average Bonchev–Trinajstić information content (AvgIpc) is 3.43. The van der Waals surface area contributed by atoms with Crippen LogP contribution in [0.1, 0.15) is 53.0 Å². The zero-order valence-corrected chi connectivity index (χ0v) is 22.4. The maximum absolute atomic E-state index is 13.7. The minimum atomic E-state index is -3.77. The lowest BCUT2D eigenvalue weighted by atomic mass is 9.97. The summed E-state index contributed by atoms with van der Waals surface area (Å²) in [6, 6.07) is 10.3. The Morgan fingerprint density at radius 1 is 1.11 bits per heavy atom. The number of fused-ring (bicyclic) bond motifs is 1. The van der Waals surface area contributed by atoms with Crippen molar-refractivity contribution in [1.82, 2.24) is 13.9 Å². The van der Waals surface area contributed by atoms with Crippen LogP contribution in [-0.2, 0) is 20.2 Å². The number of hydrogen-bond acceptors (Lipinski definition) is 6. The first-order valence-electron chi connectivity index (χ1n) is 12.5. The number of piperazine rings is 1. The van der Waals surface area contributed by atoms with Crippen LogP contribution in [0.4, 0.5) is 10.6 Å². The van der Waals surface area contributed by atoms with Crippen molar-refractivity contribution < 1.29 is 17.9 Å². The number of anilines is 1. The van der Waals surface area contributed by atoms with Crippen LogP contribution in [-0.4, -0.2) is 59.6 Å². The highest BCUT2D eigenvalue weighted by molar-refractivity contribution is 7.90. The first kappa shape index (κ1) is 24.6. The SMILES string of the molecule is C[C@H]1CN(C(=O)OC(C)(C)C)CCN1c1nccc2c1c(C1(C)CC1)cn2S(=O)(=O)c1ccccc1. The molecule has 1 aliphatic heterocycles. The van der Waals surface area contributed by atoms with Crippen molar-refractivity contribution in [3.05, 3.63) is 54.4 Å². The highest BCUT2D eigenvalue weighted by Gasteiger charge is 2.43. The summed E-state index contributed by atoms with van der Waals surface area (Å²) < 4.78 is 34.3. The number of nitrogens with zero attached hydrogens (tertiary/aromatic N) is 4. The van der Waals surface area contributed by atoms with E-state index in [0.717, 1.165) is 29.6 Å². The summed E-state index contributed by atoms with van der Waals surface area (Å²) in [5.74, 6) is 0.772. The molecule has 2 aromatic heterocycles. The summed E-state index contributed by atoms with van der Waals surface area (Å²) >= 11 is 0. The number of hydrogen-bond donors (Lipinski definition) is 0. The number of benzene rings is 1. The molecule has 1 aromatic carbocycles. The van der Waals surface area contributed by atoms with Crippen molar-refractivity contribution >= 4 is 32.8 Å². The molecule has 0 N–H and O–H groups in total. The highest BCUT2D eigenvalue weighted by atomic mass is 32.2. The molecular weight excluding hydrogens is 476 g/mol. The van der Waals surface area contributed by atoms with E-state index in [-0.39, 0.29) is 22.4 Å². The Bertz CT molecular complexity index is 1400. The zero-order valence-electron chi connectivity index (χ0n) is 21.6. The summed E-state index contributed by atoms with van der Waals surface area (Å²) in [5.41, 5.74) is 1.03. The topological polar surface area (TPSA) is 84.7 Å². The van der Waals surface area contributed by atoms with Crippen LogP contribution in [0, 0.1) is 0 Å². The second-order valence-electron chi connectivity index (χ2n) is 11.2. The predicted molar refractivity (Wildman–Crippen MR) is 140 cm³/mol. The summed E-state index contributed by atoms with van der Waals surface area (Å²) in [6.07, 6.45) is 5.18. The van der Waals surface area contributed by atoms with E-state index in [4.69, 9.17) is 9.72 Å². The van der Waals surface area contributed by atoms with E-state index in [1.165, 1.54) is 3.97 Å². The number of carbonyl (C=O) groups excluding carboxylic acids is 1. The summed E-state index contributed by atoms with van der Waals surface area (Å²) in [4.78, 5) is 21.6. The largest absolute Gasteiger partial charge is 0.444 e. The normalized spacial score (nSPS) is 20.0. The van der Waals surface area contributed by atoms with Gasteiger partial charge in [0.05, 0.1) is 10.4 Å². The quantitative estimate of drug-likeness (QED) is 0.503. The van der Waals surface area contributed by atoms with Crippen LogP contribution < -0.4 is 4.90 Å². The van der Waals surface area contributed by atoms with E-state index in [9.17, 15) is 13.2 Å². The fourth-order valence-corrected chi connectivity index (χ4v) is 6.32. The summed E-state index contributed by atoms with van der Waals surface area (Å²) in [6.45, 7) is 11.4. The van der Waals surface area contributed by atoms with Gasteiger partial charge in [-0.3, -0.25) is 0 Å². The van der Waals surface area contributed by atoms with Crippen molar-refractivity contribution in [1.29, 1.82) is 0 Å². The third-order valence-corrected chi connectivity index (χ3v) is 8.85. The number of amides is 1. The lowest BCUT2D eigenvalue weighted by molar-refractivity contribution is 0.0218. The molecule has 3 aromatic rings. The number of ether oxygens (including phenoxy) is 1. The molecule has 0 unspecified atom stereocenters. The molecule has 36 heavy (non-hydrogen) atoms. The monoisotopic (exact) mass is 510 g/mol. The summed E-state index contributed by atoms with van der Waals surface area (Å²) in [5, 5.41) is 0.884. The molecule has 1 amide bonds. The molecule has 1 atom stereocenters. The molecule has 8 nitrogen and oxygen atoms in total. The average molecular weight is 511 g/mol. The van der Waals surface area contributed by atoms with Gasteiger partial charge in [0, 0.05) is 43.5 Å². The Hall–Kier alpha value is -3.07. The van der Waals surface area contributed by atoms with Crippen molar-refractivity contribution in [3.63, 3.8) is 0 Å². The lowest BCUT2D eigenvalue weighted by Gasteiger charge is -2.41. The molecule has 5 rings (SSSR count). The van der Waals surface area contributed by atoms with Crippen LogP contribution in [0.25, 0.3) is 10.9 Å². The Morgan fingerprint density at radius 3 is 2.42 bits per heavy atom. The number of carbonyl (C=O) groups is 1. The third kappa shape index (κ3) is 4.34. The molecule has 0 bridgehead atoms. The Balaban J connectivity index is 1.56. The van der Waals surface area contributed by atoms with E-state index >= 15 is 0 Å². The van der Waals surface area contributed by atoms with Crippen molar-refractivity contribution in [2.45, 2.75) is 69.4 Å². The lowest BCUT2D eigenvalue weighted by Crippen LogP contribution is -2.54. The number of rotatable bonds is 4. The molecule has 3 heterocycles. The second-order valence-corrected chi connectivity index (χ2v) is 13.0.